The van der Waals surface area contributed by atoms with Crippen molar-refractivity contribution in [3.8, 4) is 0 Å². The van der Waals surface area contributed by atoms with Crippen molar-refractivity contribution in [2.75, 3.05) is 18.4 Å². The minimum atomic E-state index is -0.00803. The number of nitrogens with one attached hydrogen (secondary N) is 1. The van der Waals surface area contributed by atoms with Gasteiger partial charge >= 0.3 is 0 Å². The lowest BCUT2D eigenvalue weighted by molar-refractivity contribution is -0.117. The van der Waals surface area contributed by atoms with Gasteiger partial charge in [0.25, 0.3) is 0 Å². The number of hydrogen-bond acceptors (Lipinski definition) is 5. The maximum absolute atomic E-state index is 12.6. The van der Waals surface area contributed by atoms with Crippen LogP contribution < -0.4 is 5.32 Å². The molecule has 3 rings (SSSR count). The summed E-state index contributed by atoms with van der Waals surface area (Å²) in [5.74, 6) is 1.20. The number of carbonyl (C=O) groups is 1. The van der Waals surface area contributed by atoms with E-state index >= 15 is 0 Å². The third-order valence-electron chi connectivity index (χ3n) is 5.11. The highest BCUT2D eigenvalue weighted by Crippen LogP contribution is 2.32. The maximum atomic E-state index is 12.6. The number of nitrogens with zero attached hydrogens (tertiary/aromatic N) is 4. The van der Waals surface area contributed by atoms with Gasteiger partial charge < -0.3 is 9.84 Å². The first-order valence-electron chi connectivity index (χ1n) is 9.45. The van der Waals surface area contributed by atoms with Gasteiger partial charge in [-0.2, -0.15) is 5.10 Å². The number of amides is 1. The maximum Gasteiger partial charge on any atom is 0.238 e. The summed E-state index contributed by atoms with van der Waals surface area (Å²) in [5.41, 5.74) is 3.62. The van der Waals surface area contributed by atoms with E-state index in [9.17, 15) is 4.79 Å². The minimum Gasteiger partial charge on any atom is -0.361 e. The molecule has 0 aliphatic carbocycles. The number of hydrogen-bond donors (Lipinski definition) is 1. The highest BCUT2D eigenvalue weighted by Gasteiger charge is 2.30. The standard InChI is InChI=1S/C19H29N5O2/c1-6-24-14(5)19(13(4)21-24)20-18(25)11-23-9-7-8-16(23)15-10-17(12(2)3)26-22-15/h10,12,16H,6-9,11H2,1-5H3,(H,20,25). The smallest absolute Gasteiger partial charge is 0.238 e. The van der Waals surface area contributed by atoms with Gasteiger partial charge in [0.05, 0.1) is 29.7 Å². The van der Waals surface area contributed by atoms with Gasteiger partial charge in [-0.25, -0.2) is 0 Å². The lowest BCUT2D eigenvalue weighted by Crippen LogP contribution is -2.33. The molecule has 1 amide bonds. The third-order valence-corrected chi connectivity index (χ3v) is 5.11. The highest BCUT2D eigenvalue weighted by atomic mass is 16.5. The van der Waals surface area contributed by atoms with Crippen LogP contribution in [0.4, 0.5) is 5.69 Å². The summed E-state index contributed by atoms with van der Waals surface area (Å²) in [5, 5.41) is 11.8. The Morgan fingerprint density at radius 1 is 1.42 bits per heavy atom. The van der Waals surface area contributed by atoms with E-state index in [1.54, 1.807) is 0 Å². The zero-order valence-electron chi connectivity index (χ0n) is 16.4. The summed E-state index contributed by atoms with van der Waals surface area (Å²) in [7, 11) is 0. The second-order valence-electron chi connectivity index (χ2n) is 7.35. The van der Waals surface area contributed by atoms with E-state index in [4.69, 9.17) is 4.52 Å². The van der Waals surface area contributed by atoms with Gasteiger partial charge in [0.1, 0.15) is 11.5 Å². The summed E-state index contributed by atoms with van der Waals surface area (Å²) in [6, 6.07) is 2.18. The summed E-state index contributed by atoms with van der Waals surface area (Å²) < 4.78 is 7.35. The number of aryl methyl sites for hydroxylation is 2. The molecule has 1 fully saturated rings. The molecule has 0 radical (unpaired) electrons. The Bertz CT molecular complexity index is 777. The van der Waals surface area contributed by atoms with Crippen LogP contribution in [0.1, 0.15) is 68.4 Å². The first kappa shape index (κ1) is 18.6. The summed E-state index contributed by atoms with van der Waals surface area (Å²) in [6.45, 7) is 12.2. The molecule has 142 valence electrons. The predicted molar refractivity (Wildman–Crippen MR) is 100 cm³/mol. The molecular weight excluding hydrogens is 330 g/mol. The lowest BCUT2D eigenvalue weighted by atomic mass is 10.1. The molecule has 1 aliphatic heterocycles. The van der Waals surface area contributed by atoms with Crippen LogP contribution in [0, 0.1) is 13.8 Å². The van der Waals surface area contributed by atoms with Crippen molar-refractivity contribution in [1.82, 2.24) is 19.8 Å². The molecule has 0 aromatic carbocycles. The number of carbonyl (C=O) groups excluding carboxylic acids is 1. The molecule has 1 atom stereocenters. The van der Waals surface area contributed by atoms with Crippen LogP contribution in [-0.2, 0) is 11.3 Å². The first-order valence-corrected chi connectivity index (χ1v) is 9.45. The summed E-state index contributed by atoms with van der Waals surface area (Å²) in [4.78, 5) is 14.8. The highest BCUT2D eigenvalue weighted by molar-refractivity contribution is 5.93. The van der Waals surface area contributed by atoms with Crippen molar-refractivity contribution in [2.45, 2.75) is 66.0 Å². The Labute approximate surface area is 154 Å². The van der Waals surface area contributed by atoms with E-state index in [-0.39, 0.29) is 11.9 Å². The molecule has 0 spiro atoms. The van der Waals surface area contributed by atoms with Crippen molar-refractivity contribution in [3.05, 3.63) is 28.9 Å². The Balaban J connectivity index is 1.67. The van der Waals surface area contributed by atoms with E-state index in [1.165, 1.54) is 0 Å². The van der Waals surface area contributed by atoms with E-state index in [0.29, 0.717) is 12.5 Å². The van der Waals surface area contributed by atoms with Crippen molar-refractivity contribution in [3.63, 3.8) is 0 Å². The van der Waals surface area contributed by atoms with E-state index in [1.807, 2.05) is 31.5 Å². The molecule has 26 heavy (non-hydrogen) atoms. The zero-order valence-corrected chi connectivity index (χ0v) is 16.4. The average molecular weight is 359 g/mol. The number of anilines is 1. The normalized spacial score (nSPS) is 18.0. The number of rotatable bonds is 6. The topological polar surface area (TPSA) is 76.2 Å². The predicted octanol–water partition coefficient (Wildman–Crippen LogP) is 3.41. The van der Waals surface area contributed by atoms with Crippen molar-refractivity contribution in [2.24, 2.45) is 0 Å². The summed E-state index contributed by atoms with van der Waals surface area (Å²) >= 11 is 0. The van der Waals surface area contributed by atoms with E-state index in [0.717, 1.165) is 54.5 Å². The number of likely N-dealkylation sites (tertiary alicyclic amines) is 1. The van der Waals surface area contributed by atoms with Crippen LogP contribution in [0.3, 0.4) is 0 Å². The van der Waals surface area contributed by atoms with Gasteiger partial charge in [-0.3, -0.25) is 14.4 Å². The monoisotopic (exact) mass is 359 g/mol. The quantitative estimate of drug-likeness (QED) is 0.855. The van der Waals surface area contributed by atoms with Gasteiger partial charge in [0, 0.05) is 18.5 Å². The molecule has 7 nitrogen and oxygen atoms in total. The molecule has 7 heteroatoms. The van der Waals surface area contributed by atoms with Gasteiger partial charge in [-0.05, 0) is 40.2 Å². The van der Waals surface area contributed by atoms with Crippen LogP contribution in [-0.4, -0.2) is 38.8 Å². The lowest BCUT2D eigenvalue weighted by Gasteiger charge is -2.22. The Morgan fingerprint density at radius 2 is 2.19 bits per heavy atom. The van der Waals surface area contributed by atoms with Crippen molar-refractivity contribution < 1.29 is 9.32 Å². The molecule has 2 aromatic heterocycles. The average Bonchev–Trinajstić information content (AvgIpc) is 3.30. The Morgan fingerprint density at radius 3 is 2.81 bits per heavy atom. The van der Waals surface area contributed by atoms with Crippen molar-refractivity contribution in [1.29, 1.82) is 0 Å². The van der Waals surface area contributed by atoms with Crippen LogP contribution in [0.15, 0.2) is 10.6 Å². The fourth-order valence-corrected chi connectivity index (χ4v) is 3.63. The van der Waals surface area contributed by atoms with Crippen molar-refractivity contribution >= 4 is 11.6 Å². The van der Waals surface area contributed by atoms with Gasteiger partial charge in [-0.15, -0.1) is 0 Å². The Hall–Kier alpha value is -2.15. The largest absolute Gasteiger partial charge is 0.361 e. The van der Waals surface area contributed by atoms with Gasteiger partial charge in [-0.1, -0.05) is 19.0 Å². The molecule has 3 heterocycles. The molecular formula is C19H29N5O2. The fourth-order valence-electron chi connectivity index (χ4n) is 3.63. The van der Waals surface area contributed by atoms with Gasteiger partial charge in [0.2, 0.25) is 5.91 Å². The van der Waals surface area contributed by atoms with Crippen LogP contribution >= 0.6 is 0 Å². The van der Waals surface area contributed by atoms with Crippen LogP contribution in [0.25, 0.3) is 0 Å². The second kappa shape index (κ2) is 7.61. The van der Waals surface area contributed by atoms with E-state index < -0.39 is 0 Å². The molecule has 2 aromatic rings. The first-order chi connectivity index (χ1) is 12.4. The Kier molecular flexibility index (Phi) is 5.46. The molecule has 1 saturated heterocycles. The summed E-state index contributed by atoms with van der Waals surface area (Å²) in [6.07, 6.45) is 2.07. The van der Waals surface area contributed by atoms with Crippen LogP contribution in [0.5, 0.6) is 0 Å². The molecule has 1 N–H and O–H groups in total. The van der Waals surface area contributed by atoms with Gasteiger partial charge in [0.15, 0.2) is 0 Å². The molecule has 1 unspecified atom stereocenters. The third kappa shape index (κ3) is 3.67. The fraction of sp³-hybridized carbons (Fsp3) is 0.632. The molecule has 1 aliphatic rings. The number of aromatic nitrogens is 3. The van der Waals surface area contributed by atoms with E-state index in [2.05, 4.69) is 34.3 Å². The second-order valence-corrected chi connectivity index (χ2v) is 7.35. The molecule has 0 saturated carbocycles. The molecule has 0 bridgehead atoms. The van der Waals surface area contributed by atoms with Crippen LogP contribution in [0.2, 0.25) is 0 Å². The SMILES string of the molecule is CCn1nc(C)c(NC(=O)CN2CCCC2c2cc(C(C)C)on2)c1C. The zero-order chi connectivity index (χ0) is 18.8. The minimum absolute atomic E-state index is 0.00803.